The average molecular weight is 206 g/mol. The quantitative estimate of drug-likeness (QED) is 0.587. The van der Waals surface area contributed by atoms with Crippen molar-refractivity contribution in [1.82, 2.24) is 0 Å². The minimum Gasteiger partial charge on any atom is -0.397 e. The van der Waals surface area contributed by atoms with Crippen LogP contribution in [0.3, 0.4) is 0 Å². The van der Waals surface area contributed by atoms with Gasteiger partial charge in [0, 0.05) is 12.0 Å². The first kappa shape index (κ1) is 11.6. The highest BCUT2D eigenvalue weighted by Gasteiger charge is 2.10. The largest absolute Gasteiger partial charge is 0.397 e. The van der Waals surface area contributed by atoms with Crippen LogP contribution in [0.5, 0.6) is 0 Å². The third-order valence-electron chi connectivity index (χ3n) is 2.49. The van der Waals surface area contributed by atoms with E-state index in [4.69, 9.17) is 11.5 Å². The summed E-state index contributed by atoms with van der Waals surface area (Å²) in [4.78, 5) is 11.8. The Hall–Kier alpha value is -1.51. The van der Waals surface area contributed by atoms with E-state index in [0.717, 1.165) is 18.4 Å². The number of ketones is 1. The number of hydrogen-bond donors (Lipinski definition) is 2. The molecule has 0 aliphatic heterocycles. The number of nitrogen functional groups attached to an aromatic ring is 2. The monoisotopic (exact) mass is 206 g/mol. The zero-order valence-corrected chi connectivity index (χ0v) is 9.34. The van der Waals surface area contributed by atoms with Crippen molar-refractivity contribution in [2.75, 3.05) is 11.5 Å². The number of rotatable bonds is 4. The zero-order chi connectivity index (χ0) is 11.4. The SMILES string of the molecule is CCCCC(=O)c1cc(N)c(N)cc1C. The van der Waals surface area contributed by atoms with E-state index in [1.807, 2.05) is 6.92 Å². The van der Waals surface area contributed by atoms with Gasteiger partial charge in [-0.2, -0.15) is 0 Å². The van der Waals surface area contributed by atoms with E-state index < -0.39 is 0 Å². The maximum Gasteiger partial charge on any atom is 0.163 e. The Balaban J connectivity index is 2.94. The molecule has 1 rings (SSSR count). The summed E-state index contributed by atoms with van der Waals surface area (Å²) in [6.07, 6.45) is 2.53. The number of carbonyl (C=O) groups excluding carboxylic acids is 1. The Bertz CT molecular complexity index is 372. The van der Waals surface area contributed by atoms with Crippen molar-refractivity contribution in [3.05, 3.63) is 23.3 Å². The highest BCUT2D eigenvalue weighted by Crippen LogP contribution is 2.22. The van der Waals surface area contributed by atoms with E-state index in [9.17, 15) is 4.79 Å². The molecule has 0 saturated heterocycles. The first-order valence-corrected chi connectivity index (χ1v) is 5.25. The number of unbranched alkanes of at least 4 members (excludes halogenated alkanes) is 1. The number of benzene rings is 1. The van der Waals surface area contributed by atoms with Crippen molar-refractivity contribution in [1.29, 1.82) is 0 Å². The molecule has 1 aromatic carbocycles. The normalized spacial score (nSPS) is 10.3. The molecule has 0 heterocycles. The predicted octanol–water partition coefficient (Wildman–Crippen LogP) is 2.53. The number of nitrogens with two attached hydrogens (primary N) is 2. The zero-order valence-electron chi connectivity index (χ0n) is 9.34. The summed E-state index contributed by atoms with van der Waals surface area (Å²) in [5.74, 6) is 0.154. The first-order chi connectivity index (χ1) is 7.06. The Morgan fingerprint density at radius 1 is 1.27 bits per heavy atom. The molecule has 15 heavy (non-hydrogen) atoms. The molecule has 0 saturated carbocycles. The molecular formula is C12H18N2O. The molecule has 0 amide bonds. The van der Waals surface area contributed by atoms with Gasteiger partial charge in [0.05, 0.1) is 11.4 Å². The third-order valence-corrected chi connectivity index (χ3v) is 2.49. The molecule has 1 aromatic rings. The van der Waals surface area contributed by atoms with Crippen LogP contribution >= 0.6 is 0 Å². The second-order valence-corrected chi connectivity index (χ2v) is 3.82. The molecule has 0 unspecified atom stereocenters. The van der Waals surface area contributed by atoms with Crippen molar-refractivity contribution in [2.24, 2.45) is 0 Å². The van der Waals surface area contributed by atoms with Crippen molar-refractivity contribution in [3.8, 4) is 0 Å². The second kappa shape index (κ2) is 4.82. The van der Waals surface area contributed by atoms with Gasteiger partial charge >= 0.3 is 0 Å². The van der Waals surface area contributed by atoms with Crippen molar-refractivity contribution in [2.45, 2.75) is 33.1 Å². The van der Waals surface area contributed by atoms with Gasteiger partial charge in [0.25, 0.3) is 0 Å². The smallest absolute Gasteiger partial charge is 0.163 e. The van der Waals surface area contributed by atoms with Crippen LogP contribution in [-0.2, 0) is 0 Å². The van der Waals surface area contributed by atoms with Crippen molar-refractivity contribution < 1.29 is 4.79 Å². The minimum absolute atomic E-state index is 0.154. The number of Topliss-reactive ketones (excluding diaryl/α,β-unsaturated/α-hetero) is 1. The fraction of sp³-hybridized carbons (Fsp3) is 0.417. The lowest BCUT2D eigenvalue weighted by molar-refractivity contribution is 0.0979. The standard InChI is InChI=1S/C12H18N2O/c1-3-4-5-12(15)9-7-11(14)10(13)6-8(9)2/h6-7H,3-5,13-14H2,1-2H3. The van der Waals surface area contributed by atoms with Crippen LogP contribution < -0.4 is 11.5 Å². The summed E-state index contributed by atoms with van der Waals surface area (Å²) in [5.41, 5.74) is 14.0. The van der Waals surface area contributed by atoms with E-state index >= 15 is 0 Å². The van der Waals surface area contributed by atoms with Gasteiger partial charge in [0.2, 0.25) is 0 Å². The van der Waals surface area contributed by atoms with Crippen LogP contribution in [0.15, 0.2) is 12.1 Å². The fourth-order valence-electron chi connectivity index (χ4n) is 1.52. The maximum absolute atomic E-state index is 11.8. The van der Waals surface area contributed by atoms with E-state index in [-0.39, 0.29) is 5.78 Å². The second-order valence-electron chi connectivity index (χ2n) is 3.82. The molecule has 3 nitrogen and oxygen atoms in total. The number of aryl methyl sites for hydroxylation is 1. The molecule has 4 N–H and O–H groups in total. The lowest BCUT2D eigenvalue weighted by atomic mass is 9.99. The Morgan fingerprint density at radius 3 is 2.47 bits per heavy atom. The Labute approximate surface area is 90.5 Å². The van der Waals surface area contributed by atoms with E-state index in [0.29, 0.717) is 23.4 Å². The molecule has 0 aromatic heterocycles. The van der Waals surface area contributed by atoms with Gasteiger partial charge in [-0.1, -0.05) is 13.3 Å². The molecule has 82 valence electrons. The van der Waals surface area contributed by atoms with Crippen LogP contribution in [0.25, 0.3) is 0 Å². The molecular weight excluding hydrogens is 188 g/mol. The van der Waals surface area contributed by atoms with Crippen LogP contribution in [0.1, 0.15) is 42.1 Å². The van der Waals surface area contributed by atoms with E-state index in [1.165, 1.54) is 0 Å². The predicted molar refractivity (Wildman–Crippen MR) is 63.9 cm³/mol. The van der Waals surface area contributed by atoms with Gasteiger partial charge in [-0.25, -0.2) is 0 Å². The molecule has 0 aliphatic carbocycles. The summed E-state index contributed by atoms with van der Waals surface area (Å²) in [7, 11) is 0. The average Bonchev–Trinajstić information content (AvgIpc) is 2.20. The van der Waals surface area contributed by atoms with E-state index in [2.05, 4.69) is 6.92 Å². The molecule has 0 bridgehead atoms. The molecule has 3 heteroatoms. The summed E-state index contributed by atoms with van der Waals surface area (Å²) < 4.78 is 0. The molecule has 0 radical (unpaired) electrons. The van der Waals surface area contributed by atoms with Gasteiger partial charge in [-0.05, 0) is 31.0 Å². The highest BCUT2D eigenvalue weighted by atomic mass is 16.1. The first-order valence-electron chi connectivity index (χ1n) is 5.25. The topological polar surface area (TPSA) is 69.1 Å². The van der Waals surface area contributed by atoms with Crippen LogP contribution in [0, 0.1) is 6.92 Å². The molecule has 0 fully saturated rings. The Morgan fingerprint density at radius 2 is 1.87 bits per heavy atom. The lowest BCUT2D eigenvalue weighted by Gasteiger charge is -2.08. The fourth-order valence-corrected chi connectivity index (χ4v) is 1.52. The van der Waals surface area contributed by atoms with Crippen LogP contribution in [0.2, 0.25) is 0 Å². The Kier molecular flexibility index (Phi) is 3.72. The summed E-state index contributed by atoms with van der Waals surface area (Å²) in [6, 6.07) is 3.44. The van der Waals surface area contributed by atoms with Gasteiger partial charge < -0.3 is 11.5 Å². The van der Waals surface area contributed by atoms with Crippen LogP contribution in [-0.4, -0.2) is 5.78 Å². The van der Waals surface area contributed by atoms with Crippen LogP contribution in [0.4, 0.5) is 11.4 Å². The van der Waals surface area contributed by atoms with E-state index in [1.54, 1.807) is 12.1 Å². The van der Waals surface area contributed by atoms with Gasteiger partial charge in [-0.15, -0.1) is 0 Å². The third kappa shape index (κ3) is 2.72. The molecule has 0 aliphatic rings. The number of hydrogen-bond acceptors (Lipinski definition) is 3. The molecule has 0 atom stereocenters. The number of anilines is 2. The molecule has 0 spiro atoms. The summed E-state index contributed by atoms with van der Waals surface area (Å²) in [5, 5.41) is 0. The van der Waals surface area contributed by atoms with Gasteiger partial charge in [-0.3, -0.25) is 4.79 Å². The minimum atomic E-state index is 0.154. The van der Waals surface area contributed by atoms with Crippen molar-refractivity contribution >= 4 is 17.2 Å². The van der Waals surface area contributed by atoms with Crippen molar-refractivity contribution in [3.63, 3.8) is 0 Å². The number of carbonyl (C=O) groups is 1. The highest BCUT2D eigenvalue weighted by molar-refractivity contribution is 5.99. The lowest BCUT2D eigenvalue weighted by Crippen LogP contribution is -2.05. The van der Waals surface area contributed by atoms with Gasteiger partial charge in [0.1, 0.15) is 0 Å². The maximum atomic E-state index is 11.8. The summed E-state index contributed by atoms with van der Waals surface area (Å²) in [6.45, 7) is 3.95. The van der Waals surface area contributed by atoms with Gasteiger partial charge in [0.15, 0.2) is 5.78 Å². The summed E-state index contributed by atoms with van der Waals surface area (Å²) >= 11 is 0.